The Morgan fingerprint density at radius 3 is 2.57 bits per heavy atom. The van der Waals surface area contributed by atoms with Crippen molar-refractivity contribution in [2.24, 2.45) is 0 Å². The van der Waals surface area contributed by atoms with E-state index in [4.69, 9.17) is 9.47 Å². The molecule has 1 aromatic heterocycles. The summed E-state index contributed by atoms with van der Waals surface area (Å²) in [6, 6.07) is 18.3. The lowest BCUT2D eigenvalue weighted by Crippen LogP contribution is -2.53. The van der Waals surface area contributed by atoms with E-state index in [1.165, 1.54) is 0 Å². The number of rotatable bonds is 7. The molecule has 8 heteroatoms. The molecule has 3 heterocycles. The quantitative estimate of drug-likeness (QED) is 0.569. The Hall–Kier alpha value is -4.04. The number of ether oxygens (including phenoxy) is 2. The van der Waals surface area contributed by atoms with Gasteiger partial charge in [0.15, 0.2) is 5.78 Å². The zero-order chi connectivity index (χ0) is 24.2. The number of nitrogens with one attached hydrogen (secondary N) is 1. The highest BCUT2D eigenvalue weighted by atomic mass is 16.5. The van der Waals surface area contributed by atoms with E-state index >= 15 is 0 Å². The lowest BCUT2D eigenvalue weighted by Gasteiger charge is -2.27. The molecule has 0 spiro atoms. The first-order chi connectivity index (χ1) is 17.1. The molecule has 8 nitrogen and oxygen atoms in total. The molecule has 3 aromatic rings. The van der Waals surface area contributed by atoms with Gasteiger partial charge in [-0.25, -0.2) is 0 Å². The predicted octanol–water partition coefficient (Wildman–Crippen LogP) is 2.78. The van der Waals surface area contributed by atoms with Crippen LogP contribution in [0.15, 0.2) is 79.1 Å². The van der Waals surface area contributed by atoms with Crippen LogP contribution in [0.5, 0.6) is 11.5 Å². The first-order valence-corrected chi connectivity index (χ1v) is 11.6. The molecular weight excluding hydrogens is 446 g/mol. The van der Waals surface area contributed by atoms with Crippen LogP contribution in [0.2, 0.25) is 0 Å². The van der Waals surface area contributed by atoms with Crippen molar-refractivity contribution in [3.63, 3.8) is 0 Å². The highest BCUT2D eigenvalue weighted by Crippen LogP contribution is 2.28. The summed E-state index contributed by atoms with van der Waals surface area (Å²) in [4.78, 5) is 44.6. The highest BCUT2D eigenvalue weighted by Gasteiger charge is 2.48. The van der Waals surface area contributed by atoms with Gasteiger partial charge in [-0.15, -0.1) is 0 Å². The molecule has 1 N–H and O–H groups in total. The number of hydrogen-bond donors (Lipinski definition) is 1. The maximum absolute atomic E-state index is 13.5. The van der Waals surface area contributed by atoms with Crippen LogP contribution in [0.3, 0.4) is 0 Å². The van der Waals surface area contributed by atoms with Crippen molar-refractivity contribution in [3.8, 4) is 11.5 Å². The molecule has 0 bridgehead atoms. The van der Waals surface area contributed by atoms with Crippen molar-refractivity contribution < 1.29 is 23.9 Å². The minimum absolute atomic E-state index is 0.0240. The minimum atomic E-state index is -0.848. The zero-order valence-electron chi connectivity index (χ0n) is 19.0. The lowest BCUT2D eigenvalue weighted by molar-refractivity contribution is -0.138. The van der Waals surface area contributed by atoms with Gasteiger partial charge < -0.3 is 19.7 Å². The molecule has 0 radical (unpaired) electrons. The third kappa shape index (κ3) is 5.07. The number of fused-ring (bicyclic) bond motifs is 1. The van der Waals surface area contributed by atoms with Crippen LogP contribution < -0.4 is 10.1 Å². The predicted molar refractivity (Wildman–Crippen MR) is 127 cm³/mol. The Kier molecular flexibility index (Phi) is 6.54. The van der Waals surface area contributed by atoms with Crippen molar-refractivity contribution in [2.45, 2.75) is 31.0 Å². The highest BCUT2D eigenvalue weighted by molar-refractivity contribution is 5.99. The molecule has 2 fully saturated rings. The fourth-order valence-electron chi connectivity index (χ4n) is 4.54. The molecule has 3 atom stereocenters. The fraction of sp³-hybridized carbons (Fsp3) is 0.259. The van der Waals surface area contributed by atoms with Crippen molar-refractivity contribution >= 4 is 17.6 Å². The average Bonchev–Trinajstić information content (AvgIpc) is 3.48. The normalized spacial score (nSPS) is 19.8. The Morgan fingerprint density at radius 2 is 1.83 bits per heavy atom. The molecule has 2 aliphatic heterocycles. The van der Waals surface area contributed by atoms with Crippen LogP contribution in [0.25, 0.3) is 0 Å². The van der Waals surface area contributed by atoms with E-state index in [0.29, 0.717) is 30.0 Å². The van der Waals surface area contributed by atoms with Gasteiger partial charge in [0.2, 0.25) is 5.91 Å². The standard InChI is InChI=1S/C27H25N3O5/c31-23-17-34-24-12-14-30(25(23)24)27(33)22(15-18-5-4-13-28-16-18)29-26(32)19-8-10-21(11-9-19)35-20-6-2-1-3-7-20/h1-11,13,16,22,24-25H,12,14-15,17H2,(H,29,32). The van der Waals surface area contributed by atoms with E-state index < -0.39 is 12.1 Å². The SMILES string of the molecule is O=C(NC(Cc1cccnc1)C(=O)N1CCC2OCC(=O)C21)c1ccc(Oc2ccccc2)cc1. The van der Waals surface area contributed by atoms with Crippen LogP contribution in [0.1, 0.15) is 22.3 Å². The fourth-order valence-corrected chi connectivity index (χ4v) is 4.54. The van der Waals surface area contributed by atoms with Crippen LogP contribution in [0.4, 0.5) is 0 Å². The molecule has 0 aliphatic carbocycles. The van der Waals surface area contributed by atoms with Gasteiger partial charge in [0, 0.05) is 30.9 Å². The molecule has 5 rings (SSSR count). The number of hydrogen-bond acceptors (Lipinski definition) is 6. The van der Waals surface area contributed by atoms with Crippen molar-refractivity contribution in [1.29, 1.82) is 0 Å². The average molecular weight is 472 g/mol. The van der Waals surface area contributed by atoms with Gasteiger partial charge in [-0.1, -0.05) is 24.3 Å². The van der Waals surface area contributed by atoms with Crippen LogP contribution in [0, 0.1) is 0 Å². The second-order valence-corrected chi connectivity index (χ2v) is 8.61. The Labute approximate surface area is 202 Å². The number of benzene rings is 2. The van der Waals surface area contributed by atoms with E-state index in [-0.39, 0.29) is 36.7 Å². The molecule has 2 aliphatic rings. The number of aromatic nitrogens is 1. The van der Waals surface area contributed by atoms with Gasteiger partial charge in [0.05, 0.1) is 6.10 Å². The summed E-state index contributed by atoms with van der Waals surface area (Å²) in [7, 11) is 0. The van der Waals surface area contributed by atoms with Gasteiger partial charge in [-0.3, -0.25) is 19.4 Å². The summed E-state index contributed by atoms with van der Waals surface area (Å²) in [5.74, 6) is 0.516. The lowest BCUT2D eigenvalue weighted by atomic mass is 10.0. The van der Waals surface area contributed by atoms with E-state index in [1.807, 2.05) is 36.4 Å². The monoisotopic (exact) mass is 471 g/mol. The van der Waals surface area contributed by atoms with Crippen LogP contribution in [-0.2, 0) is 20.7 Å². The maximum atomic E-state index is 13.5. The molecule has 3 unspecified atom stereocenters. The Balaban J connectivity index is 1.31. The van der Waals surface area contributed by atoms with Crippen molar-refractivity contribution in [2.75, 3.05) is 13.2 Å². The van der Waals surface area contributed by atoms with Crippen LogP contribution in [-0.4, -0.2) is 58.8 Å². The zero-order valence-corrected chi connectivity index (χ0v) is 19.0. The Bertz CT molecular complexity index is 1200. The summed E-state index contributed by atoms with van der Waals surface area (Å²) in [5, 5.41) is 2.87. The second-order valence-electron chi connectivity index (χ2n) is 8.61. The smallest absolute Gasteiger partial charge is 0.251 e. The number of nitrogens with zero attached hydrogens (tertiary/aromatic N) is 2. The molecule has 0 saturated carbocycles. The number of carbonyl (C=O) groups excluding carboxylic acids is 3. The van der Waals surface area contributed by atoms with E-state index in [1.54, 1.807) is 47.6 Å². The summed E-state index contributed by atoms with van der Waals surface area (Å²) in [6.45, 7) is 0.445. The molecule has 2 saturated heterocycles. The minimum Gasteiger partial charge on any atom is -0.457 e. The summed E-state index contributed by atoms with van der Waals surface area (Å²) < 4.78 is 11.3. The summed E-state index contributed by atoms with van der Waals surface area (Å²) in [5.41, 5.74) is 1.21. The van der Waals surface area contributed by atoms with Crippen molar-refractivity contribution in [1.82, 2.24) is 15.2 Å². The van der Waals surface area contributed by atoms with Gasteiger partial charge in [0.1, 0.15) is 30.2 Å². The van der Waals surface area contributed by atoms with Gasteiger partial charge in [0.25, 0.3) is 5.91 Å². The molecular formula is C27H25N3O5. The number of amides is 2. The molecule has 35 heavy (non-hydrogen) atoms. The van der Waals surface area contributed by atoms with E-state index in [2.05, 4.69) is 10.3 Å². The van der Waals surface area contributed by atoms with Gasteiger partial charge in [-0.2, -0.15) is 0 Å². The number of carbonyl (C=O) groups is 3. The first kappa shape index (κ1) is 22.7. The largest absolute Gasteiger partial charge is 0.457 e. The van der Waals surface area contributed by atoms with Gasteiger partial charge in [-0.05, 0) is 54.4 Å². The number of ketones is 1. The molecule has 178 valence electrons. The number of Topliss-reactive ketones (excluding diaryl/α,β-unsaturated/α-hetero) is 1. The number of pyridine rings is 1. The topological polar surface area (TPSA) is 97.8 Å². The maximum Gasteiger partial charge on any atom is 0.251 e. The van der Waals surface area contributed by atoms with Gasteiger partial charge >= 0.3 is 0 Å². The summed E-state index contributed by atoms with van der Waals surface area (Å²) in [6.07, 6.45) is 3.92. The van der Waals surface area contributed by atoms with Crippen LogP contribution >= 0.6 is 0 Å². The Morgan fingerprint density at radius 1 is 1.06 bits per heavy atom. The number of para-hydroxylation sites is 1. The first-order valence-electron chi connectivity index (χ1n) is 11.6. The van der Waals surface area contributed by atoms with E-state index in [0.717, 1.165) is 5.56 Å². The third-order valence-corrected chi connectivity index (χ3v) is 6.26. The number of likely N-dealkylation sites (tertiary alicyclic amines) is 1. The van der Waals surface area contributed by atoms with E-state index in [9.17, 15) is 14.4 Å². The molecule has 2 aromatic carbocycles. The second kappa shape index (κ2) is 10.1. The third-order valence-electron chi connectivity index (χ3n) is 6.26. The molecule has 2 amide bonds. The van der Waals surface area contributed by atoms with Crippen molar-refractivity contribution in [3.05, 3.63) is 90.3 Å². The summed E-state index contributed by atoms with van der Waals surface area (Å²) >= 11 is 0.